The number of benzene rings is 1. The molecule has 1 aromatic heterocycles. The highest BCUT2D eigenvalue weighted by Crippen LogP contribution is 2.33. The predicted molar refractivity (Wildman–Crippen MR) is 90.5 cm³/mol. The molecule has 0 spiro atoms. The molecule has 1 saturated heterocycles. The SMILES string of the molecule is CCOC(=O)C(C)n1nc(C2CCN(C)CC2)c2ccccc21. The second-order valence-electron chi connectivity index (χ2n) is 6.35. The van der Waals surface area contributed by atoms with Gasteiger partial charge in [0, 0.05) is 11.3 Å². The van der Waals surface area contributed by atoms with Crippen LogP contribution < -0.4 is 0 Å². The van der Waals surface area contributed by atoms with E-state index in [9.17, 15) is 4.79 Å². The number of hydrogen-bond acceptors (Lipinski definition) is 4. The number of ether oxygens (including phenoxy) is 1. The predicted octanol–water partition coefficient (Wildman–Crippen LogP) is 2.97. The molecule has 0 amide bonds. The number of nitrogens with zero attached hydrogens (tertiary/aromatic N) is 3. The van der Waals surface area contributed by atoms with Crippen molar-refractivity contribution in [3.63, 3.8) is 0 Å². The molecule has 2 heterocycles. The van der Waals surface area contributed by atoms with E-state index in [1.54, 1.807) is 0 Å². The van der Waals surface area contributed by atoms with Crippen LogP contribution in [0.15, 0.2) is 24.3 Å². The molecule has 5 heteroatoms. The second kappa shape index (κ2) is 6.71. The highest BCUT2D eigenvalue weighted by atomic mass is 16.5. The number of carbonyl (C=O) groups is 1. The minimum Gasteiger partial charge on any atom is -0.464 e. The molecule has 124 valence electrons. The lowest BCUT2D eigenvalue weighted by atomic mass is 9.92. The van der Waals surface area contributed by atoms with Gasteiger partial charge in [-0.2, -0.15) is 5.10 Å². The van der Waals surface area contributed by atoms with Gasteiger partial charge < -0.3 is 9.64 Å². The fraction of sp³-hybridized carbons (Fsp3) is 0.556. The first-order valence-electron chi connectivity index (χ1n) is 8.44. The van der Waals surface area contributed by atoms with Crippen LogP contribution >= 0.6 is 0 Å². The molecule has 0 N–H and O–H groups in total. The number of fused-ring (bicyclic) bond motifs is 1. The molecule has 1 aliphatic rings. The molecule has 2 aromatic rings. The van der Waals surface area contributed by atoms with Crippen molar-refractivity contribution in [2.24, 2.45) is 0 Å². The maximum Gasteiger partial charge on any atom is 0.330 e. The average Bonchev–Trinajstić information content (AvgIpc) is 2.95. The number of hydrogen-bond donors (Lipinski definition) is 0. The van der Waals surface area contributed by atoms with E-state index in [0.29, 0.717) is 12.5 Å². The zero-order valence-electron chi connectivity index (χ0n) is 14.2. The lowest BCUT2D eigenvalue weighted by Gasteiger charge is -2.28. The van der Waals surface area contributed by atoms with Gasteiger partial charge in [-0.3, -0.25) is 4.68 Å². The smallest absolute Gasteiger partial charge is 0.330 e. The van der Waals surface area contributed by atoms with Crippen LogP contribution in [0.3, 0.4) is 0 Å². The minimum absolute atomic E-state index is 0.226. The number of likely N-dealkylation sites (tertiary alicyclic amines) is 1. The largest absolute Gasteiger partial charge is 0.464 e. The normalized spacial score (nSPS) is 18.2. The van der Waals surface area contributed by atoms with E-state index in [2.05, 4.69) is 18.0 Å². The van der Waals surface area contributed by atoms with Gasteiger partial charge in [0.1, 0.15) is 6.04 Å². The van der Waals surface area contributed by atoms with E-state index in [4.69, 9.17) is 9.84 Å². The third-order valence-electron chi connectivity index (χ3n) is 4.74. The van der Waals surface area contributed by atoms with Crippen LogP contribution in [0.2, 0.25) is 0 Å². The third-order valence-corrected chi connectivity index (χ3v) is 4.74. The van der Waals surface area contributed by atoms with Gasteiger partial charge in [0.2, 0.25) is 0 Å². The molecular weight excluding hydrogens is 290 g/mol. The van der Waals surface area contributed by atoms with Crippen molar-refractivity contribution in [2.45, 2.75) is 38.6 Å². The molecule has 0 bridgehead atoms. The number of esters is 1. The monoisotopic (exact) mass is 315 g/mol. The Morgan fingerprint density at radius 3 is 2.74 bits per heavy atom. The molecule has 5 nitrogen and oxygen atoms in total. The van der Waals surface area contributed by atoms with Gasteiger partial charge in [0.25, 0.3) is 0 Å². The average molecular weight is 315 g/mol. The number of carbonyl (C=O) groups excluding carboxylic acids is 1. The fourth-order valence-electron chi connectivity index (χ4n) is 3.36. The first kappa shape index (κ1) is 16.0. The second-order valence-corrected chi connectivity index (χ2v) is 6.35. The molecule has 23 heavy (non-hydrogen) atoms. The van der Waals surface area contributed by atoms with Gasteiger partial charge in [-0.15, -0.1) is 0 Å². The Morgan fingerprint density at radius 1 is 1.35 bits per heavy atom. The Labute approximate surface area is 137 Å². The Balaban J connectivity index is 1.98. The van der Waals surface area contributed by atoms with Gasteiger partial charge in [0.05, 0.1) is 17.8 Å². The van der Waals surface area contributed by atoms with Gasteiger partial charge in [-0.25, -0.2) is 4.79 Å². The molecule has 1 aliphatic heterocycles. The van der Waals surface area contributed by atoms with Gasteiger partial charge in [0.15, 0.2) is 0 Å². The van der Waals surface area contributed by atoms with E-state index >= 15 is 0 Å². The van der Waals surface area contributed by atoms with Crippen molar-refractivity contribution < 1.29 is 9.53 Å². The summed E-state index contributed by atoms with van der Waals surface area (Å²) in [5.74, 6) is 0.238. The lowest BCUT2D eigenvalue weighted by Crippen LogP contribution is -2.29. The molecule has 0 saturated carbocycles. The Bertz CT molecular complexity index is 687. The summed E-state index contributed by atoms with van der Waals surface area (Å²) in [6.45, 7) is 6.27. The Morgan fingerprint density at radius 2 is 2.04 bits per heavy atom. The highest BCUT2D eigenvalue weighted by Gasteiger charge is 2.26. The molecular formula is C18H25N3O2. The van der Waals surface area contributed by atoms with Gasteiger partial charge in [-0.1, -0.05) is 18.2 Å². The quantitative estimate of drug-likeness (QED) is 0.814. The van der Waals surface area contributed by atoms with Crippen molar-refractivity contribution in [1.29, 1.82) is 0 Å². The summed E-state index contributed by atoms with van der Waals surface area (Å²) in [6, 6.07) is 7.79. The van der Waals surface area contributed by atoms with Crippen molar-refractivity contribution >= 4 is 16.9 Å². The van der Waals surface area contributed by atoms with Crippen molar-refractivity contribution in [2.75, 3.05) is 26.7 Å². The number of piperidine rings is 1. The van der Waals surface area contributed by atoms with Crippen LogP contribution in [0, 0.1) is 0 Å². The molecule has 1 fully saturated rings. The zero-order chi connectivity index (χ0) is 16.4. The summed E-state index contributed by atoms with van der Waals surface area (Å²) < 4.78 is 7.00. The fourth-order valence-corrected chi connectivity index (χ4v) is 3.36. The van der Waals surface area contributed by atoms with Gasteiger partial charge in [-0.05, 0) is 52.9 Å². The van der Waals surface area contributed by atoms with E-state index < -0.39 is 6.04 Å². The summed E-state index contributed by atoms with van der Waals surface area (Å²) >= 11 is 0. The van der Waals surface area contributed by atoms with Crippen molar-refractivity contribution in [3.05, 3.63) is 30.0 Å². The summed E-state index contributed by atoms with van der Waals surface area (Å²) in [7, 11) is 2.16. The molecule has 0 aliphatic carbocycles. The minimum atomic E-state index is -0.403. The van der Waals surface area contributed by atoms with Crippen molar-refractivity contribution in [1.82, 2.24) is 14.7 Å². The summed E-state index contributed by atoms with van der Waals surface area (Å²) in [5, 5.41) is 6.00. The maximum atomic E-state index is 12.1. The Kier molecular flexibility index (Phi) is 4.66. The molecule has 1 aromatic carbocycles. The van der Waals surface area contributed by atoms with Crippen LogP contribution in [-0.2, 0) is 9.53 Å². The topological polar surface area (TPSA) is 47.4 Å². The van der Waals surface area contributed by atoms with Crippen LogP contribution in [0.25, 0.3) is 10.9 Å². The van der Waals surface area contributed by atoms with E-state index in [1.165, 1.54) is 5.39 Å². The van der Waals surface area contributed by atoms with Crippen molar-refractivity contribution in [3.8, 4) is 0 Å². The van der Waals surface area contributed by atoms with E-state index in [1.807, 2.05) is 36.7 Å². The maximum absolute atomic E-state index is 12.1. The summed E-state index contributed by atoms with van der Waals surface area (Å²) in [5.41, 5.74) is 2.15. The highest BCUT2D eigenvalue weighted by molar-refractivity contribution is 5.85. The summed E-state index contributed by atoms with van der Waals surface area (Å²) in [6.07, 6.45) is 2.23. The Hall–Kier alpha value is -1.88. The molecule has 1 atom stereocenters. The third kappa shape index (κ3) is 3.11. The number of rotatable bonds is 4. The standard InChI is InChI=1S/C18H25N3O2/c1-4-23-18(22)13(2)21-16-8-6-5-7-15(16)17(19-21)14-9-11-20(3)12-10-14/h5-8,13-14H,4,9-12H2,1-3H3. The number of para-hydroxylation sites is 1. The van der Waals surface area contributed by atoms with E-state index in [0.717, 1.165) is 37.1 Å². The van der Waals surface area contributed by atoms with Crippen LogP contribution in [0.5, 0.6) is 0 Å². The van der Waals surface area contributed by atoms with Crippen LogP contribution in [-0.4, -0.2) is 47.4 Å². The first-order chi connectivity index (χ1) is 11.1. The number of aromatic nitrogens is 2. The molecule has 1 unspecified atom stereocenters. The zero-order valence-corrected chi connectivity index (χ0v) is 14.2. The molecule has 0 radical (unpaired) electrons. The lowest BCUT2D eigenvalue weighted by molar-refractivity contribution is -0.146. The van der Waals surface area contributed by atoms with E-state index in [-0.39, 0.29) is 5.97 Å². The summed E-state index contributed by atoms with van der Waals surface area (Å²) in [4.78, 5) is 14.5. The molecule has 3 rings (SSSR count). The van der Waals surface area contributed by atoms with Crippen LogP contribution in [0.4, 0.5) is 0 Å². The van der Waals surface area contributed by atoms with Crippen LogP contribution in [0.1, 0.15) is 44.3 Å². The first-order valence-corrected chi connectivity index (χ1v) is 8.44. The van der Waals surface area contributed by atoms with Gasteiger partial charge >= 0.3 is 5.97 Å².